The zero-order valence-electron chi connectivity index (χ0n) is 20.5. The number of ether oxygens (including phenoxy) is 2. The van der Waals surface area contributed by atoms with Crippen LogP contribution in [0.5, 0.6) is 5.75 Å². The second-order valence-corrected chi connectivity index (χ2v) is 9.96. The minimum absolute atomic E-state index is 0.0127. The van der Waals surface area contributed by atoms with Crippen LogP contribution in [0.4, 0.5) is 5.00 Å². The van der Waals surface area contributed by atoms with Crippen molar-refractivity contribution >= 4 is 65.7 Å². The van der Waals surface area contributed by atoms with Crippen molar-refractivity contribution in [3.05, 3.63) is 92.1 Å². The molecule has 192 valence electrons. The summed E-state index contributed by atoms with van der Waals surface area (Å²) in [7, 11) is 0. The third kappa shape index (κ3) is 4.68. The number of aromatic nitrogens is 2. The molecule has 38 heavy (non-hydrogen) atoms. The SMILES string of the molecule is CCOC(=O)c1nn(-c2ccc(Br)cc2)c(=O)c2c(NC(=O)c3c(OCC)ccc4ccccc34)scc12. The molecule has 5 aromatic rings. The predicted octanol–water partition coefficient (Wildman–Crippen LogP) is 6.19. The lowest BCUT2D eigenvalue weighted by molar-refractivity contribution is 0.0520. The Morgan fingerprint density at radius 2 is 1.76 bits per heavy atom. The van der Waals surface area contributed by atoms with Crippen LogP contribution in [0.3, 0.4) is 0 Å². The van der Waals surface area contributed by atoms with Gasteiger partial charge in [0.25, 0.3) is 11.5 Å². The summed E-state index contributed by atoms with van der Waals surface area (Å²) in [5.74, 6) is -0.657. The Balaban J connectivity index is 1.68. The minimum Gasteiger partial charge on any atom is -0.493 e. The summed E-state index contributed by atoms with van der Waals surface area (Å²) in [6.45, 7) is 4.07. The summed E-state index contributed by atoms with van der Waals surface area (Å²) in [6.07, 6.45) is 0. The van der Waals surface area contributed by atoms with Crippen LogP contribution < -0.4 is 15.6 Å². The number of benzene rings is 3. The van der Waals surface area contributed by atoms with E-state index in [9.17, 15) is 14.4 Å². The Kier molecular flexibility index (Phi) is 7.26. The molecule has 0 bridgehead atoms. The molecule has 2 heterocycles. The standard InChI is InChI=1S/C28H22BrN3O5S/c1-3-36-21-14-9-16-7-5-6-8-19(16)22(21)25(33)30-26-23-20(15-38-26)24(28(35)37-4-2)31-32(27(23)34)18-12-10-17(29)11-13-18/h5-15H,3-4H2,1-2H3,(H,30,33). The van der Waals surface area contributed by atoms with Gasteiger partial charge in [-0.2, -0.15) is 9.78 Å². The van der Waals surface area contributed by atoms with Crippen molar-refractivity contribution in [2.45, 2.75) is 13.8 Å². The first-order valence-corrected chi connectivity index (χ1v) is 13.5. The molecule has 0 aliphatic rings. The highest BCUT2D eigenvalue weighted by Crippen LogP contribution is 2.34. The van der Waals surface area contributed by atoms with E-state index < -0.39 is 17.4 Å². The second-order valence-electron chi connectivity index (χ2n) is 8.16. The van der Waals surface area contributed by atoms with Gasteiger partial charge in [-0.25, -0.2) is 4.79 Å². The smallest absolute Gasteiger partial charge is 0.359 e. The number of carbonyl (C=O) groups excluding carboxylic acids is 2. The summed E-state index contributed by atoms with van der Waals surface area (Å²) in [6, 6.07) is 18.1. The van der Waals surface area contributed by atoms with E-state index in [2.05, 4.69) is 26.3 Å². The lowest BCUT2D eigenvalue weighted by atomic mass is 10.0. The van der Waals surface area contributed by atoms with Crippen molar-refractivity contribution in [3.63, 3.8) is 0 Å². The van der Waals surface area contributed by atoms with Crippen molar-refractivity contribution in [1.82, 2.24) is 9.78 Å². The van der Waals surface area contributed by atoms with Crippen molar-refractivity contribution in [2.75, 3.05) is 18.5 Å². The van der Waals surface area contributed by atoms with Gasteiger partial charge in [0.15, 0.2) is 5.69 Å². The van der Waals surface area contributed by atoms with Gasteiger partial charge in [-0.15, -0.1) is 11.3 Å². The van der Waals surface area contributed by atoms with Crippen LogP contribution in [-0.2, 0) is 4.74 Å². The number of thiophene rings is 1. The van der Waals surface area contributed by atoms with E-state index in [1.54, 1.807) is 42.6 Å². The molecule has 1 N–H and O–H groups in total. The van der Waals surface area contributed by atoms with Crippen molar-refractivity contribution in [3.8, 4) is 11.4 Å². The number of fused-ring (bicyclic) bond motifs is 2. The van der Waals surface area contributed by atoms with E-state index in [1.807, 2.05) is 37.3 Å². The largest absolute Gasteiger partial charge is 0.493 e. The number of nitrogens with zero attached hydrogens (tertiary/aromatic N) is 2. The van der Waals surface area contributed by atoms with E-state index in [1.165, 1.54) is 0 Å². The summed E-state index contributed by atoms with van der Waals surface area (Å²) < 4.78 is 12.9. The number of halogens is 1. The molecule has 0 saturated carbocycles. The number of hydrogen-bond donors (Lipinski definition) is 1. The molecule has 3 aromatic carbocycles. The normalized spacial score (nSPS) is 11.0. The number of hydrogen-bond acceptors (Lipinski definition) is 7. The number of esters is 1. The molecule has 0 radical (unpaired) electrons. The molecule has 0 aliphatic carbocycles. The van der Waals surface area contributed by atoms with Gasteiger partial charge in [-0.1, -0.05) is 46.3 Å². The fourth-order valence-corrected chi connectivity index (χ4v) is 5.37. The molecule has 10 heteroatoms. The average Bonchev–Trinajstić information content (AvgIpc) is 3.33. The van der Waals surface area contributed by atoms with Crippen LogP contribution in [0.15, 0.2) is 75.3 Å². The predicted molar refractivity (Wildman–Crippen MR) is 152 cm³/mol. The Labute approximate surface area is 229 Å². The monoisotopic (exact) mass is 591 g/mol. The van der Waals surface area contributed by atoms with Crippen molar-refractivity contribution in [2.24, 2.45) is 0 Å². The third-order valence-corrected chi connectivity index (χ3v) is 7.26. The highest BCUT2D eigenvalue weighted by atomic mass is 79.9. The van der Waals surface area contributed by atoms with Crippen LogP contribution in [-0.4, -0.2) is 34.9 Å². The molecule has 0 aliphatic heterocycles. The molecule has 0 fully saturated rings. The fraction of sp³-hybridized carbons (Fsp3) is 0.143. The van der Waals surface area contributed by atoms with Crippen molar-refractivity contribution in [1.29, 1.82) is 0 Å². The van der Waals surface area contributed by atoms with Crippen molar-refractivity contribution < 1.29 is 19.1 Å². The fourth-order valence-electron chi connectivity index (χ4n) is 4.18. The lowest BCUT2D eigenvalue weighted by Gasteiger charge is -2.13. The van der Waals surface area contributed by atoms with Crippen LogP contribution >= 0.6 is 27.3 Å². The maximum absolute atomic E-state index is 13.7. The van der Waals surface area contributed by atoms with E-state index in [0.29, 0.717) is 34.0 Å². The Morgan fingerprint density at radius 3 is 2.50 bits per heavy atom. The molecule has 2 aromatic heterocycles. The average molecular weight is 592 g/mol. The molecular weight excluding hydrogens is 570 g/mol. The highest BCUT2D eigenvalue weighted by Gasteiger charge is 2.25. The zero-order chi connectivity index (χ0) is 26.8. The van der Waals surface area contributed by atoms with Gasteiger partial charge in [0, 0.05) is 15.2 Å². The number of amides is 1. The lowest BCUT2D eigenvalue weighted by Crippen LogP contribution is -2.25. The van der Waals surface area contributed by atoms with Crippen LogP contribution in [0, 0.1) is 0 Å². The second kappa shape index (κ2) is 10.8. The molecule has 0 spiro atoms. The van der Waals surface area contributed by atoms with Crippen LogP contribution in [0.2, 0.25) is 0 Å². The van der Waals surface area contributed by atoms with Gasteiger partial charge < -0.3 is 14.8 Å². The van der Waals surface area contributed by atoms with Crippen LogP contribution in [0.25, 0.3) is 27.2 Å². The Hall–Kier alpha value is -4.02. The van der Waals surface area contributed by atoms with Gasteiger partial charge in [-0.05, 0) is 55.0 Å². The third-order valence-electron chi connectivity index (χ3n) is 5.84. The number of nitrogens with one attached hydrogen (secondary N) is 1. The summed E-state index contributed by atoms with van der Waals surface area (Å²) in [5.41, 5.74) is 0.331. The summed E-state index contributed by atoms with van der Waals surface area (Å²) in [4.78, 5) is 40.2. The maximum atomic E-state index is 13.7. The van der Waals surface area contributed by atoms with Gasteiger partial charge in [-0.3, -0.25) is 9.59 Å². The first-order valence-electron chi connectivity index (χ1n) is 11.9. The number of carbonyl (C=O) groups is 2. The van der Waals surface area contributed by atoms with Gasteiger partial charge >= 0.3 is 5.97 Å². The molecule has 8 nitrogen and oxygen atoms in total. The van der Waals surface area contributed by atoms with Gasteiger partial charge in [0.1, 0.15) is 10.8 Å². The van der Waals surface area contributed by atoms with E-state index in [0.717, 1.165) is 31.3 Å². The number of anilines is 1. The molecule has 0 unspecified atom stereocenters. The molecular formula is C28H22BrN3O5S. The van der Waals surface area contributed by atoms with Crippen LogP contribution in [0.1, 0.15) is 34.7 Å². The molecule has 0 atom stereocenters. The molecule has 5 rings (SSSR count). The quantitative estimate of drug-likeness (QED) is 0.226. The molecule has 0 saturated heterocycles. The Bertz CT molecular complexity index is 1740. The maximum Gasteiger partial charge on any atom is 0.359 e. The first kappa shape index (κ1) is 25.6. The summed E-state index contributed by atoms with van der Waals surface area (Å²) >= 11 is 4.52. The van der Waals surface area contributed by atoms with Gasteiger partial charge in [0.2, 0.25) is 0 Å². The first-order chi connectivity index (χ1) is 18.4. The summed E-state index contributed by atoms with van der Waals surface area (Å²) in [5, 5.41) is 11.2. The highest BCUT2D eigenvalue weighted by molar-refractivity contribution is 9.10. The number of rotatable bonds is 7. The zero-order valence-corrected chi connectivity index (χ0v) is 22.9. The van der Waals surface area contributed by atoms with E-state index in [4.69, 9.17) is 9.47 Å². The van der Waals surface area contributed by atoms with E-state index >= 15 is 0 Å². The topological polar surface area (TPSA) is 99.5 Å². The Morgan fingerprint density at radius 1 is 1.00 bits per heavy atom. The molecule has 1 amide bonds. The van der Waals surface area contributed by atoms with E-state index in [-0.39, 0.29) is 17.7 Å². The minimum atomic E-state index is -0.660. The van der Waals surface area contributed by atoms with Gasteiger partial charge in [0.05, 0.1) is 29.9 Å².